The lowest BCUT2D eigenvalue weighted by atomic mass is 10.1. The third-order valence-corrected chi connectivity index (χ3v) is 3.09. The lowest BCUT2D eigenvalue weighted by molar-refractivity contribution is 0.0812. The summed E-state index contributed by atoms with van der Waals surface area (Å²) in [5, 5.41) is 0. The molecule has 1 aromatic carbocycles. The molecule has 0 N–H and O–H groups in total. The Labute approximate surface area is 105 Å². The molecule has 2 nitrogen and oxygen atoms in total. The molecule has 1 aromatic rings. The van der Waals surface area contributed by atoms with Crippen molar-refractivity contribution in [2.45, 2.75) is 26.4 Å². The third-order valence-electron chi connectivity index (χ3n) is 2.08. The lowest BCUT2D eigenvalue weighted by Gasteiger charge is -2.09. The van der Waals surface area contributed by atoms with Crippen LogP contribution in [0.2, 0.25) is 0 Å². The average molecular weight is 320 g/mol. The molecule has 0 bridgehead atoms. The van der Waals surface area contributed by atoms with E-state index in [1.54, 1.807) is 7.11 Å². The van der Waals surface area contributed by atoms with E-state index >= 15 is 0 Å². The van der Waals surface area contributed by atoms with Crippen LogP contribution in [0.25, 0.3) is 0 Å². The monoisotopic (exact) mass is 320 g/mol. The molecule has 15 heavy (non-hydrogen) atoms. The van der Waals surface area contributed by atoms with Gasteiger partial charge in [0.1, 0.15) is 5.75 Å². The highest BCUT2D eigenvalue weighted by atomic mass is 127. The van der Waals surface area contributed by atoms with Gasteiger partial charge in [0.2, 0.25) is 0 Å². The average Bonchev–Trinajstić information content (AvgIpc) is 2.20. The highest BCUT2D eigenvalue weighted by Gasteiger charge is 2.02. The Balaban J connectivity index is 2.54. The van der Waals surface area contributed by atoms with E-state index in [0.717, 1.165) is 18.8 Å². The van der Waals surface area contributed by atoms with Gasteiger partial charge >= 0.3 is 0 Å². The van der Waals surface area contributed by atoms with Crippen LogP contribution in [0.1, 0.15) is 19.4 Å². The summed E-state index contributed by atoms with van der Waals surface area (Å²) < 4.78 is 11.9. The van der Waals surface area contributed by atoms with E-state index in [0.29, 0.717) is 6.10 Å². The SMILES string of the molecule is COc1ccc(CCOC(C)C)c(I)c1. The van der Waals surface area contributed by atoms with Crippen molar-refractivity contribution < 1.29 is 9.47 Å². The number of methoxy groups -OCH3 is 1. The molecule has 0 aromatic heterocycles. The van der Waals surface area contributed by atoms with E-state index in [-0.39, 0.29) is 0 Å². The topological polar surface area (TPSA) is 18.5 Å². The number of ether oxygens (including phenoxy) is 2. The van der Waals surface area contributed by atoms with Crippen LogP contribution in [-0.4, -0.2) is 19.8 Å². The number of hydrogen-bond acceptors (Lipinski definition) is 2. The second kappa shape index (κ2) is 6.33. The predicted octanol–water partition coefficient (Wildman–Crippen LogP) is 3.27. The fourth-order valence-electron chi connectivity index (χ4n) is 1.26. The summed E-state index contributed by atoms with van der Waals surface area (Å²) in [5.74, 6) is 0.910. The maximum Gasteiger partial charge on any atom is 0.119 e. The predicted molar refractivity (Wildman–Crippen MR) is 70.5 cm³/mol. The molecular formula is C12H17IO2. The number of hydrogen-bond donors (Lipinski definition) is 0. The standard InChI is InChI=1S/C12H17IO2/c1-9(2)15-7-6-10-4-5-11(14-3)8-12(10)13/h4-5,8-9H,6-7H2,1-3H3. The van der Waals surface area contributed by atoms with Crippen molar-refractivity contribution in [1.29, 1.82) is 0 Å². The van der Waals surface area contributed by atoms with Crippen LogP contribution in [0, 0.1) is 3.57 Å². The first kappa shape index (κ1) is 12.8. The molecule has 0 amide bonds. The Morgan fingerprint density at radius 1 is 1.33 bits per heavy atom. The minimum Gasteiger partial charge on any atom is -0.497 e. The van der Waals surface area contributed by atoms with Crippen molar-refractivity contribution in [3.05, 3.63) is 27.3 Å². The molecule has 0 unspecified atom stereocenters. The van der Waals surface area contributed by atoms with Crippen LogP contribution < -0.4 is 4.74 Å². The van der Waals surface area contributed by atoms with E-state index in [9.17, 15) is 0 Å². The quantitative estimate of drug-likeness (QED) is 0.775. The van der Waals surface area contributed by atoms with E-state index in [2.05, 4.69) is 42.5 Å². The van der Waals surface area contributed by atoms with Crippen molar-refractivity contribution in [2.75, 3.05) is 13.7 Å². The summed E-state index contributed by atoms with van der Waals surface area (Å²) in [6.45, 7) is 4.89. The second-order valence-electron chi connectivity index (χ2n) is 3.63. The Kier molecular flexibility index (Phi) is 5.39. The van der Waals surface area contributed by atoms with Gasteiger partial charge in [-0.2, -0.15) is 0 Å². The fourth-order valence-corrected chi connectivity index (χ4v) is 2.02. The normalized spacial score (nSPS) is 10.7. The van der Waals surface area contributed by atoms with E-state index in [4.69, 9.17) is 9.47 Å². The minimum absolute atomic E-state index is 0.306. The van der Waals surface area contributed by atoms with Crippen LogP contribution >= 0.6 is 22.6 Å². The molecule has 3 heteroatoms. The van der Waals surface area contributed by atoms with Gasteiger partial charge in [-0.3, -0.25) is 0 Å². The molecule has 84 valence electrons. The zero-order valence-electron chi connectivity index (χ0n) is 9.42. The highest BCUT2D eigenvalue weighted by Crippen LogP contribution is 2.19. The number of halogens is 1. The molecule has 0 heterocycles. The molecule has 0 saturated carbocycles. The molecule has 0 spiro atoms. The van der Waals surface area contributed by atoms with Gasteiger partial charge in [0.15, 0.2) is 0 Å². The molecule has 0 saturated heterocycles. The first-order valence-electron chi connectivity index (χ1n) is 5.07. The molecule has 0 aliphatic heterocycles. The summed E-state index contributed by atoms with van der Waals surface area (Å²) in [4.78, 5) is 0. The van der Waals surface area contributed by atoms with E-state index in [1.807, 2.05) is 12.1 Å². The maximum absolute atomic E-state index is 5.52. The fraction of sp³-hybridized carbons (Fsp3) is 0.500. The van der Waals surface area contributed by atoms with Crippen molar-refractivity contribution >= 4 is 22.6 Å². The summed E-state index contributed by atoms with van der Waals surface area (Å²) in [6.07, 6.45) is 1.27. The van der Waals surface area contributed by atoms with Crippen molar-refractivity contribution in [3.8, 4) is 5.75 Å². The first-order chi connectivity index (χ1) is 7.13. The van der Waals surface area contributed by atoms with Crippen LogP contribution in [0.15, 0.2) is 18.2 Å². The number of rotatable bonds is 5. The largest absolute Gasteiger partial charge is 0.497 e. The van der Waals surface area contributed by atoms with Crippen LogP contribution in [0.3, 0.4) is 0 Å². The van der Waals surface area contributed by atoms with Crippen molar-refractivity contribution in [3.63, 3.8) is 0 Å². The summed E-state index contributed by atoms with van der Waals surface area (Å²) >= 11 is 2.33. The van der Waals surface area contributed by atoms with Gasteiger partial charge in [0, 0.05) is 3.57 Å². The van der Waals surface area contributed by atoms with Gasteiger partial charge < -0.3 is 9.47 Å². The van der Waals surface area contributed by atoms with Gasteiger partial charge in [0.05, 0.1) is 19.8 Å². The van der Waals surface area contributed by atoms with E-state index in [1.165, 1.54) is 9.13 Å². The molecular weight excluding hydrogens is 303 g/mol. The minimum atomic E-state index is 0.306. The number of benzene rings is 1. The lowest BCUT2D eigenvalue weighted by Crippen LogP contribution is -2.06. The Morgan fingerprint density at radius 2 is 2.07 bits per heavy atom. The zero-order chi connectivity index (χ0) is 11.3. The van der Waals surface area contributed by atoms with E-state index < -0.39 is 0 Å². The Morgan fingerprint density at radius 3 is 2.60 bits per heavy atom. The Bertz CT molecular complexity index is 310. The molecule has 0 atom stereocenters. The Hall–Kier alpha value is -0.290. The van der Waals surface area contributed by atoms with Gasteiger partial charge in [-0.25, -0.2) is 0 Å². The molecule has 0 aliphatic rings. The second-order valence-corrected chi connectivity index (χ2v) is 4.79. The zero-order valence-corrected chi connectivity index (χ0v) is 11.6. The third kappa shape index (κ3) is 4.38. The summed E-state index contributed by atoms with van der Waals surface area (Å²) in [7, 11) is 1.69. The highest BCUT2D eigenvalue weighted by molar-refractivity contribution is 14.1. The van der Waals surface area contributed by atoms with Gasteiger partial charge in [0.25, 0.3) is 0 Å². The summed E-state index contributed by atoms with van der Waals surface area (Å²) in [6, 6.07) is 6.14. The molecule has 0 radical (unpaired) electrons. The van der Waals surface area contributed by atoms with Gasteiger partial charge in [-0.1, -0.05) is 6.07 Å². The smallest absolute Gasteiger partial charge is 0.119 e. The van der Waals surface area contributed by atoms with Crippen LogP contribution in [0.5, 0.6) is 5.75 Å². The van der Waals surface area contributed by atoms with Gasteiger partial charge in [-0.05, 0) is 60.6 Å². The first-order valence-corrected chi connectivity index (χ1v) is 6.15. The van der Waals surface area contributed by atoms with Gasteiger partial charge in [-0.15, -0.1) is 0 Å². The van der Waals surface area contributed by atoms with Crippen molar-refractivity contribution in [2.24, 2.45) is 0 Å². The van der Waals surface area contributed by atoms with Crippen LogP contribution in [-0.2, 0) is 11.2 Å². The summed E-state index contributed by atoms with van der Waals surface area (Å²) in [5.41, 5.74) is 1.32. The molecule has 0 aliphatic carbocycles. The van der Waals surface area contributed by atoms with Crippen molar-refractivity contribution in [1.82, 2.24) is 0 Å². The molecule has 0 fully saturated rings. The molecule has 1 rings (SSSR count). The maximum atomic E-state index is 5.52. The van der Waals surface area contributed by atoms with Crippen LogP contribution in [0.4, 0.5) is 0 Å².